The van der Waals surface area contributed by atoms with Crippen LogP contribution in [0.5, 0.6) is 0 Å². The molecule has 0 aliphatic heterocycles. The standard InChI is InChI=1S/C18H14BrClN4/c19-14-7-5-12(6-8-14)9-17-15(10-21)18(22)24(23-17)11-13-3-1-2-4-16(13)20/h1-8H,9,11,22H2. The quantitative estimate of drug-likeness (QED) is 0.705. The van der Waals surface area contributed by atoms with Crippen molar-refractivity contribution in [3.05, 3.63) is 80.4 Å². The molecule has 0 atom stereocenters. The van der Waals surface area contributed by atoms with Crippen molar-refractivity contribution in [3.8, 4) is 6.07 Å². The third-order valence-electron chi connectivity index (χ3n) is 3.74. The summed E-state index contributed by atoms with van der Waals surface area (Å²) in [4.78, 5) is 0. The van der Waals surface area contributed by atoms with Gasteiger partial charge in [0.15, 0.2) is 0 Å². The molecule has 0 unspecified atom stereocenters. The number of nitriles is 1. The number of aromatic nitrogens is 2. The number of nitrogens with two attached hydrogens (primary N) is 1. The molecule has 0 bridgehead atoms. The molecule has 3 rings (SSSR count). The summed E-state index contributed by atoms with van der Waals surface area (Å²) in [6.45, 7) is 0.431. The lowest BCUT2D eigenvalue weighted by molar-refractivity contribution is 0.685. The van der Waals surface area contributed by atoms with Crippen LogP contribution >= 0.6 is 27.5 Å². The Morgan fingerprint density at radius 1 is 1.17 bits per heavy atom. The van der Waals surface area contributed by atoms with Gasteiger partial charge in [0.1, 0.15) is 17.5 Å². The van der Waals surface area contributed by atoms with E-state index in [0.29, 0.717) is 35.1 Å². The van der Waals surface area contributed by atoms with Gasteiger partial charge in [-0.25, -0.2) is 4.68 Å². The summed E-state index contributed by atoms with van der Waals surface area (Å²) in [5.41, 5.74) is 9.19. The van der Waals surface area contributed by atoms with Gasteiger partial charge in [0.05, 0.1) is 12.2 Å². The molecule has 4 nitrogen and oxygen atoms in total. The molecule has 0 spiro atoms. The molecule has 24 heavy (non-hydrogen) atoms. The van der Waals surface area contributed by atoms with Crippen molar-refractivity contribution >= 4 is 33.3 Å². The van der Waals surface area contributed by atoms with Gasteiger partial charge in [-0.3, -0.25) is 0 Å². The fourth-order valence-corrected chi connectivity index (χ4v) is 2.94. The van der Waals surface area contributed by atoms with E-state index >= 15 is 0 Å². The second kappa shape index (κ2) is 7.08. The predicted octanol–water partition coefficient (Wildman–Crippen LogP) is 4.39. The largest absolute Gasteiger partial charge is 0.383 e. The molecule has 0 amide bonds. The number of anilines is 1. The Hall–Kier alpha value is -2.29. The molecule has 0 saturated heterocycles. The molecule has 0 aliphatic carbocycles. The van der Waals surface area contributed by atoms with E-state index in [1.54, 1.807) is 4.68 Å². The lowest BCUT2D eigenvalue weighted by Gasteiger charge is -2.06. The van der Waals surface area contributed by atoms with E-state index in [1.807, 2.05) is 48.5 Å². The summed E-state index contributed by atoms with van der Waals surface area (Å²) in [5.74, 6) is 0.365. The Morgan fingerprint density at radius 2 is 1.88 bits per heavy atom. The number of hydrogen-bond acceptors (Lipinski definition) is 3. The van der Waals surface area contributed by atoms with E-state index in [-0.39, 0.29) is 0 Å². The molecule has 2 aromatic carbocycles. The Morgan fingerprint density at radius 3 is 2.54 bits per heavy atom. The first kappa shape index (κ1) is 16.6. The molecule has 1 heterocycles. The van der Waals surface area contributed by atoms with E-state index in [9.17, 15) is 5.26 Å². The molecule has 0 saturated carbocycles. The van der Waals surface area contributed by atoms with Gasteiger partial charge in [0.2, 0.25) is 0 Å². The molecule has 1 aromatic heterocycles. The average molecular weight is 402 g/mol. The first-order chi connectivity index (χ1) is 11.6. The molecule has 0 fully saturated rings. The van der Waals surface area contributed by atoms with Gasteiger partial charge in [0, 0.05) is 15.9 Å². The third kappa shape index (κ3) is 3.45. The average Bonchev–Trinajstić information content (AvgIpc) is 2.87. The predicted molar refractivity (Wildman–Crippen MR) is 98.9 cm³/mol. The van der Waals surface area contributed by atoms with Crippen LogP contribution < -0.4 is 5.73 Å². The lowest BCUT2D eigenvalue weighted by Crippen LogP contribution is -2.07. The topological polar surface area (TPSA) is 67.6 Å². The van der Waals surface area contributed by atoms with Crippen LogP contribution in [0.3, 0.4) is 0 Å². The summed E-state index contributed by atoms with van der Waals surface area (Å²) in [6, 6.07) is 17.6. The van der Waals surface area contributed by atoms with Crippen LogP contribution in [0.1, 0.15) is 22.4 Å². The number of rotatable bonds is 4. The first-order valence-corrected chi connectivity index (χ1v) is 8.48. The van der Waals surface area contributed by atoms with Gasteiger partial charge in [-0.05, 0) is 29.3 Å². The Bertz CT molecular complexity index is 910. The van der Waals surface area contributed by atoms with Crippen LogP contribution in [0.2, 0.25) is 5.02 Å². The van der Waals surface area contributed by atoms with E-state index in [0.717, 1.165) is 15.6 Å². The summed E-state index contributed by atoms with van der Waals surface area (Å²) in [5, 5.41) is 14.6. The molecule has 6 heteroatoms. The normalized spacial score (nSPS) is 10.5. The maximum atomic E-state index is 9.44. The van der Waals surface area contributed by atoms with Crippen molar-refractivity contribution in [3.63, 3.8) is 0 Å². The van der Waals surface area contributed by atoms with Crippen LogP contribution in [0.4, 0.5) is 5.82 Å². The zero-order valence-electron chi connectivity index (χ0n) is 12.7. The van der Waals surface area contributed by atoms with Crippen LogP contribution in [0.25, 0.3) is 0 Å². The van der Waals surface area contributed by atoms with Crippen LogP contribution in [-0.4, -0.2) is 9.78 Å². The van der Waals surface area contributed by atoms with E-state index in [4.69, 9.17) is 17.3 Å². The van der Waals surface area contributed by atoms with Crippen LogP contribution in [0, 0.1) is 11.3 Å². The highest BCUT2D eigenvalue weighted by atomic mass is 79.9. The number of nitrogens with zero attached hydrogens (tertiary/aromatic N) is 3. The Kier molecular flexibility index (Phi) is 4.89. The van der Waals surface area contributed by atoms with Gasteiger partial charge in [0.25, 0.3) is 0 Å². The fourth-order valence-electron chi connectivity index (χ4n) is 2.48. The smallest absolute Gasteiger partial charge is 0.140 e. The zero-order valence-corrected chi connectivity index (χ0v) is 15.0. The molecule has 0 aliphatic rings. The van der Waals surface area contributed by atoms with Crippen molar-refractivity contribution in [2.45, 2.75) is 13.0 Å². The summed E-state index contributed by atoms with van der Waals surface area (Å²) < 4.78 is 2.64. The Balaban J connectivity index is 1.92. The molecule has 120 valence electrons. The van der Waals surface area contributed by atoms with Crippen LogP contribution in [0.15, 0.2) is 53.0 Å². The van der Waals surface area contributed by atoms with Gasteiger partial charge in [-0.2, -0.15) is 10.4 Å². The summed E-state index contributed by atoms with van der Waals surface area (Å²) in [6.07, 6.45) is 0.551. The van der Waals surface area contributed by atoms with E-state index in [2.05, 4.69) is 27.1 Å². The molecule has 3 aromatic rings. The first-order valence-electron chi connectivity index (χ1n) is 7.31. The fraction of sp³-hybridized carbons (Fsp3) is 0.111. The number of nitrogen functional groups attached to an aromatic ring is 1. The van der Waals surface area contributed by atoms with Crippen LogP contribution in [-0.2, 0) is 13.0 Å². The second-order valence-corrected chi connectivity index (χ2v) is 6.69. The van der Waals surface area contributed by atoms with Gasteiger partial charge in [-0.15, -0.1) is 0 Å². The summed E-state index contributed by atoms with van der Waals surface area (Å²) in [7, 11) is 0. The minimum Gasteiger partial charge on any atom is -0.383 e. The highest BCUT2D eigenvalue weighted by molar-refractivity contribution is 9.10. The lowest BCUT2D eigenvalue weighted by atomic mass is 10.1. The minimum absolute atomic E-state index is 0.365. The van der Waals surface area contributed by atoms with Crippen molar-refractivity contribution in [1.82, 2.24) is 9.78 Å². The molecule has 0 radical (unpaired) electrons. The highest BCUT2D eigenvalue weighted by Crippen LogP contribution is 2.23. The third-order valence-corrected chi connectivity index (χ3v) is 4.64. The van der Waals surface area contributed by atoms with Crippen molar-refractivity contribution < 1.29 is 0 Å². The zero-order chi connectivity index (χ0) is 17.1. The monoisotopic (exact) mass is 400 g/mol. The second-order valence-electron chi connectivity index (χ2n) is 5.37. The van der Waals surface area contributed by atoms with Crippen molar-refractivity contribution in [2.24, 2.45) is 0 Å². The van der Waals surface area contributed by atoms with Crippen molar-refractivity contribution in [2.75, 3.05) is 5.73 Å². The SMILES string of the molecule is N#Cc1c(Cc2ccc(Br)cc2)nn(Cc2ccccc2Cl)c1N. The van der Waals surface area contributed by atoms with Gasteiger partial charge in [-0.1, -0.05) is 57.9 Å². The van der Waals surface area contributed by atoms with E-state index in [1.165, 1.54) is 0 Å². The van der Waals surface area contributed by atoms with Crippen molar-refractivity contribution in [1.29, 1.82) is 5.26 Å². The number of halogens is 2. The van der Waals surface area contributed by atoms with Gasteiger partial charge < -0.3 is 5.73 Å². The Labute approximate surface area is 153 Å². The number of hydrogen-bond donors (Lipinski definition) is 1. The van der Waals surface area contributed by atoms with Gasteiger partial charge >= 0.3 is 0 Å². The highest BCUT2D eigenvalue weighted by Gasteiger charge is 2.16. The minimum atomic E-state index is 0.365. The maximum absolute atomic E-state index is 9.44. The molecular weight excluding hydrogens is 388 g/mol. The maximum Gasteiger partial charge on any atom is 0.140 e. The van der Waals surface area contributed by atoms with E-state index < -0.39 is 0 Å². The summed E-state index contributed by atoms with van der Waals surface area (Å²) >= 11 is 9.61. The number of benzene rings is 2. The molecular formula is C18H14BrClN4. The molecule has 2 N–H and O–H groups in total.